The summed E-state index contributed by atoms with van der Waals surface area (Å²) in [4.78, 5) is 11.5. The lowest BCUT2D eigenvalue weighted by Gasteiger charge is -2.30. The fourth-order valence-corrected chi connectivity index (χ4v) is 3.58. The van der Waals surface area contributed by atoms with Crippen LogP contribution in [0.5, 0.6) is 0 Å². The highest BCUT2D eigenvalue weighted by molar-refractivity contribution is 7.88. The summed E-state index contributed by atoms with van der Waals surface area (Å²) in [5.74, 6) is -0.705. The van der Waals surface area contributed by atoms with Crippen LogP contribution in [0.15, 0.2) is 24.3 Å². The van der Waals surface area contributed by atoms with Crippen LogP contribution in [0.3, 0.4) is 0 Å². The molecule has 8 heteroatoms. The number of rotatable bonds is 4. The second-order valence-corrected chi connectivity index (χ2v) is 6.71. The van der Waals surface area contributed by atoms with E-state index in [1.807, 2.05) is 0 Å². The van der Waals surface area contributed by atoms with Gasteiger partial charge in [-0.2, -0.15) is 4.31 Å². The molecule has 0 bridgehead atoms. The van der Waals surface area contributed by atoms with Crippen molar-refractivity contribution in [2.75, 3.05) is 32.5 Å². The molecule has 0 spiro atoms. The zero-order valence-corrected chi connectivity index (χ0v) is 12.5. The maximum Gasteiger partial charge on any atom is 0.336 e. The van der Waals surface area contributed by atoms with Gasteiger partial charge in [0.15, 0.2) is 6.10 Å². The maximum atomic E-state index is 12.4. The molecule has 1 aliphatic heterocycles. The minimum Gasteiger partial charge on any atom is -0.467 e. The summed E-state index contributed by atoms with van der Waals surface area (Å²) in [6, 6.07) is 6.65. The van der Waals surface area contributed by atoms with Gasteiger partial charge >= 0.3 is 5.97 Å². The Morgan fingerprint density at radius 2 is 2.10 bits per heavy atom. The number of nitrogens with two attached hydrogens (primary N) is 1. The van der Waals surface area contributed by atoms with Gasteiger partial charge in [-0.3, -0.25) is 0 Å². The highest BCUT2D eigenvalue weighted by atomic mass is 32.2. The van der Waals surface area contributed by atoms with Gasteiger partial charge < -0.3 is 15.2 Å². The summed E-state index contributed by atoms with van der Waals surface area (Å²) in [6.07, 6.45) is -0.870. The van der Waals surface area contributed by atoms with E-state index in [0.717, 1.165) is 0 Å². The molecule has 1 atom stereocenters. The predicted octanol–water partition coefficient (Wildman–Crippen LogP) is -0.0276. The molecule has 2 rings (SSSR count). The minimum atomic E-state index is -3.52. The van der Waals surface area contributed by atoms with Crippen LogP contribution in [-0.2, 0) is 30.0 Å². The van der Waals surface area contributed by atoms with E-state index >= 15 is 0 Å². The molecule has 1 aliphatic rings. The molecule has 1 aromatic carbocycles. The van der Waals surface area contributed by atoms with E-state index in [2.05, 4.69) is 4.74 Å². The van der Waals surface area contributed by atoms with Crippen molar-refractivity contribution in [3.63, 3.8) is 0 Å². The molecule has 0 aliphatic carbocycles. The number of carbonyl (C=O) groups is 1. The smallest absolute Gasteiger partial charge is 0.336 e. The first-order chi connectivity index (χ1) is 9.92. The molecular formula is C13H18N2O5S. The molecule has 1 saturated heterocycles. The topological polar surface area (TPSA) is 98.9 Å². The number of hydrogen-bond donors (Lipinski definition) is 1. The molecule has 0 amide bonds. The van der Waals surface area contributed by atoms with Gasteiger partial charge in [0.2, 0.25) is 10.0 Å². The number of anilines is 1. The fraction of sp³-hybridized carbons (Fsp3) is 0.462. The zero-order chi connectivity index (χ0) is 15.5. The van der Waals surface area contributed by atoms with Gasteiger partial charge in [-0.05, 0) is 17.7 Å². The van der Waals surface area contributed by atoms with Gasteiger partial charge in [-0.15, -0.1) is 0 Å². The molecule has 1 fully saturated rings. The van der Waals surface area contributed by atoms with Crippen molar-refractivity contribution in [3.8, 4) is 0 Å². The third-order valence-corrected chi connectivity index (χ3v) is 5.03. The van der Waals surface area contributed by atoms with Crippen LogP contribution < -0.4 is 5.73 Å². The third-order valence-electron chi connectivity index (χ3n) is 3.22. The number of ether oxygens (including phenoxy) is 2. The lowest BCUT2D eigenvalue weighted by atomic mass is 10.2. The molecule has 0 radical (unpaired) electrons. The summed E-state index contributed by atoms with van der Waals surface area (Å²) in [6.45, 7) is 0.371. The van der Waals surface area contributed by atoms with E-state index in [9.17, 15) is 13.2 Å². The summed E-state index contributed by atoms with van der Waals surface area (Å²) in [7, 11) is -2.28. The Balaban J connectivity index is 2.08. The Morgan fingerprint density at radius 1 is 1.43 bits per heavy atom. The van der Waals surface area contributed by atoms with Gasteiger partial charge in [0.1, 0.15) is 0 Å². The monoisotopic (exact) mass is 314 g/mol. The van der Waals surface area contributed by atoms with Gasteiger partial charge in [0.05, 0.1) is 26.0 Å². The van der Waals surface area contributed by atoms with Crippen LogP contribution in [0.1, 0.15) is 5.56 Å². The molecule has 116 valence electrons. The van der Waals surface area contributed by atoms with Crippen LogP contribution in [0.2, 0.25) is 0 Å². The molecular weight excluding hydrogens is 296 g/mol. The van der Waals surface area contributed by atoms with Crippen LogP contribution in [0.4, 0.5) is 5.69 Å². The highest BCUT2D eigenvalue weighted by Crippen LogP contribution is 2.16. The Hall–Kier alpha value is -1.64. The van der Waals surface area contributed by atoms with Gasteiger partial charge in [-0.1, -0.05) is 12.1 Å². The first-order valence-electron chi connectivity index (χ1n) is 6.44. The van der Waals surface area contributed by atoms with Crippen LogP contribution >= 0.6 is 0 Å². The number of methoxy groups -OCH3 is 1. The Labute approximate surface area is 123 Å². The molecule has 0 aromatic heterocycles. The van der Waals surface area contributed by atoms with E-state index < -0.39 is 22.1 Å². The summed E-state index contributed by atoms with van der Waals surface area (Å²) in [5, 5.41) is 0. The van der Waals surface area contributed by atoms with Crippen molar-refractivity contribution in [2.24, 2.45) is 0 Å². The highest BCUT2D eigenvalue weighted by Gasteiger charge is 2.33. The van der Waals surface area contributed by atoms with Crippen molar-refractivity contribution in [1.29, 1.82) is 0 Å². The van der Waals surface area contributed by atoms with Crippen molar-refractivity contribution in [2.45, 2.75) is 11.9 Å². The zero-order valence-electron chi connectivity index (χ0n) is 11.7. The van der Waals surface area contributed by atoms with E-state index in [-0.39, 0.29) is 25.4 Å². The second kappa shape index (κ2) is 6.42. The number of benzene rings is 1. The van der Waals surface area contributed by atoms with Crippen molar-refractivity contribution >= 4 is 21.7 Å². The Bertz CT molecular complexity index is 599. The Kier molecular flexibility index (Phi) is 4.81. The number of nitrogens with zero attached hydrogens (tertiary/aromatic N) is 1. The molecule has 21 heavy (non-hydrogen) atoms. The number of hydrogen-bond acceptors (Lipinski definition) is 6. The summed E-state index contributed by atoms with van der Waals surface area (Å²) < 4.78 is 35.8. The van der Waals surface area contributed by atoms with Crippen LogP contribution in [0, 0.1) is 0 Å². The third kappa shape index (κ3) is 3.93. The quantitative estimate of drug-likeness (QED) is 0.619. The summed E-state index contributed by atoms with van der Waals surface area (Å²) >= 11 is 0. The van der Waals surface area contributed by atoms with Crippen molar-refractivity contribution in [3.05, 3.63) is 29.8 Å². The number of morpholine rings is 1. The lowest BCUT2D eigenvalue weighted by Crippen LogP contribution is -2.49. The normalized spacial score (nSPS) is 20.1. The second-order valence-electron chi connectivity index (χ2n) is 4.74. The van der Waals surface area contributed by atoms with Crippen molar-refractivity contribution in [1.82, 2.24) is 4.31 Å². The molecule has 1 heterocycles. The standard InChI is InChI=1S/C13H18N2O5S/c1-19-13(16)12-8-15(6-7-20-12)21(17,18)9-10-2-4-11(14)5-3-10/h2-5,12H,6-9,14H2,1H3. The first kappa shape index (κ1) is 15.7. The number of esters is 1. The van der Waals surface area contributed by atoms with Crippen LogP contribution in [0.25, 0.3) is 0 Å². The first-order valence-corrected chi connectivity index (χ1v) is 8.05. The molecule has 1 unspecified atom stereocenters. The predicted molar refractivity (Wildman–Crippen MR) is 76.8 cm³/mol. The summed E-state index contributed by atoms with van der Waals surface area (Å²) in [5.41, 5.74) is 6.79. The van der Waals surface area contributed by atoms with Crippen molar-refractivity contribution < 1.29 is 22.7 Å². The van der Waals surface area contributed by atoms with E-state index in [1.165, 1.54) is 11.4 Å². The molecule has 7 nitrogen and oxygen atoms in total. The maximum absolute atomic E-state index is 12.4. The van der Waals surface area contributed by atoms with Crippen LogP contribution in [-0.4, -0.2) is 51.6 Å². The van der Waals surface area contributed by atoms with Gasteiger partial charge in [-0.25, -0.2) is 13.2 Å². The fourth-order valence-electron chi connectivity index (χ4n) is 2.07. The molecule has 1 aromatic rings. The van der Waals surface area contributed by atoms with E-state index in [0.29, 0.717) is 11.3 Å². The number of sulfonamides is 1. The van der Waals surface area contributed by atoms with Gasteiger partial charge in [0.25, 0.3) is 0 Å². The average Bonchev–Trinajstić information content (AvgIpc) is 2.49. The largest absolute Gasteiger partial charge is 0.467 e. The van der Waals surface area contributed by atoms with E-state index in [4.69, 9.17) is 10.5 Å². The average molecular weight is 314 g/mol. The number of carbonyl (C=O) groups excluding carboxylic acids is 1. The lowest BCUT2D eigenvalue weighted by molar-refractivity contribution is -0.157. The Morgan fingerprint density at radius 3 is 2.71 bits per heavy atom. The number of nitrogen functional groups attached to an aromatic ring is 1. The SMILES string of the molecule is COC(=O)C1CN(S(=O)(=O)Cc2ccc(N)cc2)CCO1. The van der Waals surface area contributed by atoms with Gasteiger partial charge in [0, 0.05) is 12.2 Å². The molecule has 0 saturated carbocycles. The molecule has 2 N–H and O–H groups in total. The minimum absolute atomic E-state index is 0.0238. The van der Waals surface area contributed by atoms with E-state index in [1.54, 1.807) is 24.3 Å².